The second-order valence-electron chi connectivity index (χ2n) is 4.58. The van der Waals surface area contributed by atoms with Crippen LogP contribution in [0.4, 0.5) is 0 Å². The minimum Gasteiger partial charge on any atom is -0.330 e. The normalized spacial score (nSPS) is 19.7. The molecule has 1 aliphatic carbocycles. The molecule has 1 fully saturated rings. The summed E-state index contributed by atoms with van der Waals surface area (Å²) in [6, 6.07) is 0.787. The zero-order valence-electron chi connectivity index (χ0n) is 8.98. The summed E-state index contributed by atoms with van der Waals surface area (Å²) in [4.78, 5) is 4.21. The summed E-state index contributed by atoms with van der Waals surface area (Å²) in [5.41, 5.74) is 7.34. The van der Waals surface area contributed by atoms with Gasteiger partial charge >= 0.3 is 0 Å². The molecule has 1 saturated carbocycles. The van der Waals surface area contributed by atoms with Gasteiger partial charge in [0.2, 0.25) is 0 Å². The quantitative estimate of drug-likeness (QED) is 0.800. The highest BCUT2D eigenvalue weighted by Gasteiger charge is 2.24. The maximum Gasteiger partial charge on any atom is 0.0951 e. The molecule has 2 N–H and O–H groups in total. The first-order valence-electron chi connectivity index (χ1n) is 5.47. The fourth-order valence-corrected chi connectivity index (χ4v) is 1.88. The Morgan fingerprint density at radius 3 is 2.71 bits per heavy atom. The Morgan fingerprint density at radius 1 is 1.50 bits per heavy atom. The van der Waals surface area contributed by atoms with Gasteiger partial charge in [-0.25, -0.2) is 4.98 Å². The molecule has 1 heterocycles. The van der Waals surface area contributed by atoms with Gasteiger partial charge in [0.05, 0.1) is 12.0 Å². The number of nitrogens with zero attached hydrogens (tertiary/aromatic N) is 2. The van der Waals surface area contributed by atoms with Crippen LogP contribution < -0.4 is 5.73 Å². The lowest BCUT2D eigenvalue weighted by atomic mass is 9.92. The Bertz CT molecular complexity index is 299. The first-order valence-corrected chi connectivity index (χ1v) is 5.47. The lowest BCUT2D eigenvalue weighted by Gasteiger charge is -2.30. The molecule has 0 radical (unpaired) electrons. The maximum atomic E-state index is 6.14. The summed E-state index contributed by atoms with van der Waals surface area (Å²) in [5, 5.41) is 0. The smallest absolute Gasteiger partial charge is 0.0951 e. The Labute approximate surface area is 85.3 Å². The molecule has 1 aliphatic rings. The van der Waals surface area contributed by atoms with Crippen LogP contribution in [0.3, 0.4) is 0 Å². The molecule has 0 amide bonds. The van der Waals surface area contributed by atoms with E-state index in [1.807, 2.05) is 12.5 Å². The zero-order valence-corrected chi connectivity index (χ0v) is 8.98. The molecule has 1 aromatic rings. The summed E-state index contributed by atoms with van der Waals surface area (Å²) < 4.78 is 2.27. The SMILES string of the molecule is CC(C)C(N)c1cncn1C1CCC1. The first kappa shape index (κ1) is 9.71. The molecule has 3 nitrogen and oxygen atoms in total. The Balaban J connectivity index is 2.20. The number of aromatic nitrogens is 2. The van der Waals surface area contributed by atoms with Gasteiger partial charge in [0, 0.05) is 18.3 Å². The average molecular weight is 193 g/mol. The minimum absolute atomic E-state index is 0.123. The molecule has 1 aromatic heterocycles. The van der Waals surface area contributed by atoms with Crippen LogP contribution in [0.1, 0.15) is 50.9 Å². The number of imidazole rings is 1. The van der Waals surface area contributed by atoms with Crippen LogP contribution in [0.15, 0.2) is 12.5 Å². The molecule has 0 saturated heterocycles. The molecule has 3 heteroatoms. The number of nitrogens with two attached hydrogens (primary N) is 1. The Kier molecular flexibility index (Phi) is 2.59. The molecule has 78 valence electrons. The van der Waals surface area contributed by atoms with Crippen molar-refractivity contribution in [1.82, 2.24) is 9.55 Å². The van der Waals surface area contributed by atoms with Gasteiger partial charge in [-0.3, -0.25) is 0 Å². The molecule has 2 rings (SSSR count). The zero-order chi connectivity index (χ0) is 10.1. The van der Waals surface area contributed by atoms with Gasteiger partial charge in [-0.15, -0.1) is 0 Å². The second-order valence-corrected chi connectivity index (χ2v) is 4.58. The van der Waals surface area contributed by atoms with Crippen LogP contribution in [-0.2, 0) is 0 Å². The van der Waals surface area contributed by atoms with E-state index in [0.717, 1.165) is 0 Å². The van der Waals surface area contributed by atoms with E-state index >= 15 is 0 Å². The van der Waals surface area contributed by atoms with Crippen LogP contribution in [0, 0.1) is 5.92 Å². The van der Waals surface area contributed by atoms with E-state index in [2.05, 4.69) is 23.4 Å². The molecule has 1 atom stereocenters. The Morgan fingerprint density at radius 2 is 2.21 bits per heavy atom. The fourth-order valence-electron chi connectivity index (χ4n) is 1.88. The van der Waals surface area contributed by atoms with E-state index in [9.17, 15) is 0 Å². The van der Waals surface area contributed by atoms with Gasteiger partial charge in [-0.05, 0) is 25.2 Å². The van der Waals surface area contributed by atoms with Crippen molar-refractivity contribution >= 4 is 0 Å². The monoisotopic (exact) mass is 193 g/mol. The maximum absolute atomic E-state index is 6.14. The van der Waals surface area contributed by atoms with Crippen molar-refractivity contribution in [3.8, 4) is 0 Å². The van der Waals surface area contributed by atoms with Crippen molar-refractivity contribution in [2.45, 2.75) is 45.2 Å². The van der Waals surface area contributed by atoms with Gasteiger partial charge < -0.3 is 10.3 Å². The number of hydrogen-bond donors (Lipinski definition) is 1. The average Bonchev–Trinajstić information content (AvgIpc) is 2.48. The van der Waals surface area contributed by atoms with Crippen LogP contribution in [0.25, 0.3) is 0 Å². The molecule has 14 heavy (non-hydrogen) atoms. The van der Waals surface area contributed by atoms with Crippen molar-refractivity contribution in [2.24, 2.45) is 11.7 Å². The van der Waals surface area contributed by atoms with Gasteiger partial charge in [-0.1, -0.05) is 13.8 Å². The van der Waals surface area contributed by atoms with E-state index in [-0.39, 0.29) is 6.04 Å². The lowest BCUT2D eigenvalue weighted by molar-refractivity contribution is 0.297. The highest BCUT2D eigenvalue weighted by molar-refractivity contribution is 5.08. The summed E-state index contributed by atoms with van der Waals surface area (Å²) in [6.45, 7) is 4.31. The van der Waals surface area contributed by atoms with Crippen LogP contribution in [-0.4, -0.2) is 9.55 Å². The minimum atomic E-state index is 0.123. The van der Waals surface area contributed by atoms with E-state index in [4.69, 9.17) is 5.73 Å². The van der Waals surface area contributed by atoms with Gasteiger partial charge in [0.15, 0.2) is 0 Å². The fraction of sp³-hybridized carbons (Fsp3) is 0.727. The molecular formula is C11H19N3. The van der Waals surface area contributed by atoms with E-state index in [1.165, 1.54) is 25.0 Å². The van der Waals surface area contributed by atoms with Gasteiger partial charge in [0.1, 0.15) is 0 Å². The lowest BCUT2D eigenvalue weighted by Crippen LogP contribution is -2.25. The molecule has 1 unspecified atom stereocenters. The summed E-state index contributed by atoms with van der Waals surface area (Å²) in [6.07, 6.45) is 7.77. The van der Waals surface area contributed by atoms with Crippen molar-refractivity contribution in [2.75, 3.05) is 0 Å². The third-order valence-corrected chi connectivity index (χ3v) is 3.22. The predicted octanol–water partition coefficient (Wildman–Crippen LogP) is 2.26. The molecule has 0 aliphatic heterocycles. The topological polar surface area (TPSA) is 43.8 Å². The third kappa shape index (κ3) is 1.57. The van der Waals surface area contributed by atoms with E-state index in [0.29, 0.717) is 12.0 Å². The van der Waals surface area contributed by atoms with Crippen molar-refractivity contribution in [3.63, 3.8) is 0 Å². The molecule has 0 spiro atoms. The largest absolute Gasteiger partial charge is 0.330 e. The standard InChI is InChI=1S/C11H19N3/c1-8(2)11(12)10-6-13-7-14(10)9-4-3-5-9/h6-9,11H,3-5,12H2,1-2H3. The second kappa shape index (κ2) is 3.73. The van der Waals surface area contributed by atoms with Gasteiger partial charge in [-0.2, -0.15) is 0 Å². The predicted molar refractivity (Wildman–Crippen MR) is 56.9 cm³/mol. The molecule has 0 aromatic carbocycles. The van der Waals surface area contributed by atoms with Gasteiger partial charge in [0.25, 0.3) is 0 Å². The molecule has 0 bridgehead atoms. The number of hydrogen-bond acceptors (Lipinski definition) is 2. The van der Waals surface area contributed by atoms with Crippen molar-refractivity contribution in [3.05, 3.63) is 18.2 Å². The van der Waals surface area contributed by atoms with E-state index in [1.54, 1.807) is 0 Å². The van der Waals surface area contributed by atoms with Crippen molar-refractivity contribution in [1.29, 1.82) is 0 Å². The summed E-state index contributed by atoms with van der Waals surface area (Å²) in [5.74, 6) is 0.477. The third-order valence-electron chi connectivity index (χ3n) is 3.22. The van der Waals surface area contributed by atoms with Crippen molar-refractivity contribution < 1.29 is 0 Å². The number of rotatable bonds is 3. The Hall–Kier alpha value is -0.830. The summed E-state index contributed by atoms with van der Waals surface area (Å²) in [7, 11) is 0. The molecular weight excluding hydrogens is 174 g/mol. The summed E-state index contributed by atoms with van der Waals surface area (Å²) >= 11 is 0. The van der Waals surface area contributed by atoms with Crippen LogP contribution in [0.2, 0.25) is 0 Å². The first-order chi connectivity index (χ1) is 6.70. The highest BCUT2D eigenvalue weighted by Crippen LogP contribution is 2.34. The van der Waals surface area contributed by atoms with E-state index < -0.39 is 0 Å². The van der Waals surface area contributed by atoms with Crippen LogP contribution in [0.5, 0.6) is 0 Å². The highest BCUT2D eigenvalue weighted by atomic mass is 15.1. The van der Waals surface area contributed by atoms with Crippen LogP contribution >= 0.6 is 0 Å².